The monoisotopic (exact) mass is 358 g/mol. The molecule has 1 aliphatic rings. The molecule has 0 saturated carbocycles. The maximum Gasteiger partial charge on any atom is 0.254 e. The Balaban J connectivity index is 1.70. The summed E-state index contributed by atoms with van der Waals surface area (Å²) in [6.07, 6.45) is 3.06. The van der Waals surface area contributed by atoms with Crippen molar-refractivity contribution in [2.24, 2.45) is 0 Å². The van der Waals surface area contributed by atoms with E-state index < -0.39 is 23.2 Å². The summed E-state index contributed by atoms with van der Waals surface area (Å²) in [6, 6.07) is 8.94. The SMILES string of the molecule is CCN(CC(=O)Nc1c(F)cccc1F)C(=O)c1ccc2c(c1)CCC2. The minimum atomic E-state index is -0.855. The molecule has 0 unspecified atom stereocenters. The summed E-state index contributed by atoms with van der Waals surface area (Å²) in [6.45, 7) is 1.78. The van der Waals surface area contributed by atoms with E-state index in [2.05, 4.69) is 5.32 Å². The van der Waals surface area contributed by atoms with Crippen molar-refractivity contribution in [2.45, 2.75) is 26.2 Å². The fourth-order valence-corrected chi connectivity index (χ4v) is 3.18. The second kappa shape index (κ2) is 7.64. The Kier molecular flexibility index (Phi) is 5.30. The van der Waals surface area contributed by atoms with Crippen molar-refractivity contribution >= 4 is 17.5 Å². The van der Waals surface area contributed by atoms with E-state index in [0.29, 0.717) is 12.1 Å². The van der Waals surface area contributed by atoms with Gasteiger partial charge in [-0.3, -0.25) is 9.59 Å². The quantitative estimate of drug-likeness (QED) is 0.889. The van der Waals surface area contributed by atoms with Crippen molar-refractivity contribution in [3.63, 3.8) is 0 Å². The molecule has 1 N–H and O–H groups in total. The highest BCUT2D eigenvalue weighted by Gasteiger charge is 2.21. The summed E-state index contributed by atoms with van der Waals surface area (Å²) in [5.74, 6) is -2.63. The molecular weight excluding hydrogens is 338 g/mol. The number of nitrogens with zero attached hydrogens (tertiary/aromatic N) is 1. The molecule has 0 fully saturated rings. The van der Waals surface area contributed by atoms with E-state index in [0.717, 1.165) is 31.4 Å². The second-order valence-electron chi connectivity index (χ2n) is 6.30. The van der Waals surface area contributed by atoms with Crippen LogP contribution in [0.1, 0.15) is 34.8 Å². The van der Waals surface area contributed by atoms with Gasteiger partial charge in [0.05, 0.1) is 0 Å². The maximum absolute atomic E-state index is 13.6. The van der Waals surface area contributed by atoms with Crippen LogP contribution in [0.5, 0.6) is 0 Å². The first-order valence-corrected chi connectivity index (χ1v) is 8.64. The molecule has 0 radical (unpaired) electrons. The molecule has 0 saturated heterocycles. The fourth-order valence-electron chi connectivity index (χ4n) is 3.18. The van der Waals surface area contributed by atoms with E-state index in [1.54, 1.807) is 13.0 Å². The van der Waals surface area contributed by atoms with E-state index in [9.17, 15) is 18.4 Å². The van der Waals surface area contributed by atoms with Crippen LogP contribution in [0.3, 0.4) is 0 Å². The molecule has 6 heteroatoms. The van der Waals surface area contributed by atoms with Gasteiger partial charge < -0.3 is 10.2 Å². The number of nitrogens with one attached hydrogen (secondary N) is 1. The number of hydrogen-bond donors (Lipinski definition) is 1. The zero-order chi connectivity index (χ0) is 18.7. The summed E-state index contributed by atoms with van der Waals surface area (Å²) in [5, 5.41) is 2.21. The molecule has 3 rings (SSSR count). The summed E-state index contributed by atoms with van der Waals surface area (Å²) in [4.78, 5) is 26.2. The molecule has 2 aromatic carbocycles. The number of rotatable bonds is 5. The maximum atomic E-state index is 13.6. The largest absolute Gasteiger partial charge is 0.330 e. The standard InChI is InChI=1S/C20H20F2N2O2/c1-2-24(12-18(25)23-19-16(21)7-4-8-17(19)22)20(26)15-10-9-13-5-3-6-14(13)11-15/h4,7-11H,2-3,5-6,12H2,1H3,(H,23,25). The highest BCUT2D eigenvalue weighted by Crippen LogP contribution is 2.23. The van der Waals surface area contributed by atoms with Crippen LogP contribution in [-0.2, 0) is 17.6 Å². The molecule has 1 aliphatic carbocycles. The number of benzene rings is 2. The van der Waals surface area contributed by atoms with Gasteiger partial charge in [-0.1, -0.05) is 12.1 Å². The molecule has 2 amide bonds. The van der Waals surface area contributed by atoms with Crippen LogP contribution in [0.15, 0.2) is 36.4 Å². The molecule has 136 valence electrons. The first-order chi connectivity index (χ1) is 12.5. The Morgan fingerprint density at radius 3 is 2.46 bits per heavy atom. The van der Waals surface area contributed by atoms with Crippen LogP contribution in [0.2, 0.25) is 0 Å². The van der Waals surface area contributed by atoms with E-state index in [4.69, 9.17) is 0 Å². The van der Waals surface area contributed by atoms with Gasteiger partial charge in [-0.25, -0.2) is 8.78 Å². The van der Waals surface area contributed by atoms with Crippen molar-refractivity contribution in [3.05, 3.63) is 64.7 Å². The van der Waals surface area contributed by atoms with Crippen LogP contribution in [-0.4, -0.2) is 29.8 Å². The van der Waals surface area contributed by atoms with Crippen molar-refractivity contribution in [1.29, 1.82) is 0 Å². The Morgan fingerprint density at radius 2 is 1.77 bits per heavy atom. The van der Waals surface area contributed by atoms with Crippen LogP contribution in [0.25, 0.3) is 0 Å². The van der Waals surface area contributed by atoms with Gasteiger partial charge in [0, 0.05) is 12.1 Å². The second-order valence-corrected chi connectivity index (χ2v) is 6.30. The van der Waals surface area contributed by atoms with Gasteiger partial charge in [0.25, 0.3) is 5.91 Å². The van der Waals surface area contributed by atoms with Crippen LogP contribution < -0.4 is 5.32 Å². The summed E-state index contributed by atoms with van der Waals surface area (Å²) >= 11 is 0. The number of likely N-dealkylation sites (N-methyl/N-ethyl adjacent to an activating group) is 1. The zero-order valence-corrected chi connectivity index (χ0v) is 14.5. The first kappa shape index (κ1) is 18.0. The third kappa shape index (κ3) is 3.74. The van der Waals surface area contributed by atoms with E-state index in [1.807, 2.05) is 12.1 Å². The lowest BCUT2D eigenvalue weighted by molar-refractivity contribution is -0.116. The zero-order valence-electron chi connectivity index (χ0n) is 14.5. The lowest BCUT2D eigenvalue weighted by Gasteiger charge is -2.21. The number of halogens is 2. The van der Waals surface area contributed by atoms with Gasteiger partial charge in [-0.05, 0) is 61.6 Å². The number of carbonyl (C=O) groups is 2. The van der Waals surface area contributed by atoms with Crippen LogP contribution in [0.4, 0.5) is 14.5 Å². The molecule has 0 heterocycles. The van der Waals surface area contributed by atoms with E-state index in [-0.39, 0.29) is 12.5 Å². The average Bonchev–Trinajstić information content (AvgIpc) is 3.10. The van der Waals surface area contributed by atoms with Crippen molar-refractivity contribution < 1.29 is 18.4 Å². The molecule has 26 heavy (non-hydrogen) atoms. The molecule has 0 atom stereocenters. The third-order valence-corrected chi connectivity index (χ3v) is 4.58. The topological polar surface area (TPSA) is 49.4 Å². The Bertz CT molecular complexity index is 831. The minimum Gasteiger partial charge on any atom is -0.330 e. The number of hydrogen-bond acceptors (Lipinski definition) is 2. The first-order valence-electron chi connectivity index (χ1n) is 8.64. The molecule has 0 bridgehead atoms. The lowest BCUT2D eigenvalue weighted by atomic mass is 10.1. The molecule has 0 aliphatic heterocycles. The minimum absolute atomic E-state index is 0.272. The normalized spacial score (nSPS) is 12.6. The van der Waals surface area contributed by atoms with Crippen LogP contribution >= 0.6 is 0 Å². The average molecular weight is 358 g/mol. The highest BCUT2D eigenvalue weighted by molar-refractivity contribution is 5.99. The summed E-state index contributed by atoms with van der Waals surface area (Å²) in [5.41, 5.74) is 2.46. The molecule has 0 spiro atoms. The molecule has 0 aromatic heterocycles. The molecule has 4 nitrogen and oxygen atoms in total. The third-order valence-electron chi connectivity index (χ3n) is 4.58. The van der Waals surface area contributed by atoms with Gasteiger partial charge in [-0.2, -0.15) is 0 Å². The Hall–Kier alpha value is -2.76. The number of fused-ring (bicyclic) bond motifs is 1. The smallest absolute Gasteiger partial charge is 0.254 e. The number of para-hydroxylation sites is 1. The molecule has 2 aromatic rings. The van der Waals surface area contributed by atoms with Gasteiger partial charge >= 0.3 is 0 Å². The number of anilines is 1. The highest BCUT2D eigenvalue weighted by atomic mass is 19.1. The molecular formula is C20H20F2N2O2. The van der Waals surface area contributed by atoms with Crippen LogP contribution in [0, 0.1) is 11.6 Å². The van der Waals surface area contributed by atoms with Crippen molar-refractivity contribution in [1.82, 2.24) is 4.90 Å². The summed E-state index contributed by atoms with van der Waals surface area (Å²) < 4.78 is 27.3. The van der Waals surface area contributed by atoms with Crippen molar-refractivity contribution in [3.8, 4) is 0 Å². The number of amides is 2. The van der Waals surface area contributed by atoms with Gasteiger partial charge in [0.1, 0.15) is 23.9 Å². The summed E-state index contributed by atoms with van der Waals surface area (Å²) in [7, 11) is 0. The van der Waals surface area contributed by atoms with Gasteiger partial charge in [0.15, 0.2) is 0 Å². The van der Waals surface area contributed by atoms with E-state index >= 15 is 0 Å². The van der Waals surface area contributed by atoms with E-state index in [1.165, 1.54) is 22.1 Å². The predicted molar refractivity (Wildman–Crippen MR) is 95.0 cm³/mol. The van der Waals surface area contributed by atoms with Crippen molar-refractivity contribution in [2.75, 3.05) is 18.4 Å². The lowest BCUT2D eigenvalue weighted by Crippen LogP contribution is -2.38. The Labute approximate surface area is 150 Å². The number of carbonyl (C=O) groups excluding carboxylic acids is 2. The Morgan fingerprint density at radius 1 is 1.08 bits per heavy atom. The fraction of sp³-hybridized carbons (Fsp3) is 0.300. The van der Waals surface area contributed by atoms with Gasteiger partial charge in [0.2, 0.25) is 5.91 Å². The predicted octanol–water partition coefficient (Wildman–Crippen LogP) is 3.55. The number of aryl methyl sites for hydroxylation is 2. The van der Waals surface area contributed by atoms with Gasteiger partial charge in [-0.15, -0.1) is 0 Å².